The fraction of sp³-hybridized carbons (Fsp3) is 0.200. The summed E-state index contributed by atoms with van der Waals surface area (Å²) in [6, 6.07) is 9.97. The first-order valence-corrected chi connectivity index (χ1v) is 9.25. The number of anilines is 2. The minimum absolute atomic E-state index is 0.0176. The van der Waals surface area contributed by atoms with Crippen LogP contribution in [0.5, 0.6) is 5.75 Å². The molecule has 0 radical (unpaired) electrons. The van der Waals surface area contributed by atoms with E-state index < -0.39 is 29.8 Å². The zero-order chi connectivity index (χ0) is 22.9. The van der Waals surface area contributed by atoms with Crippen LogP contribution in [-0.2, 0) is 4.79 Å². The van der Waals surface area contributed by atoms with Crippen molar-refractivity contribution in [1.29, 1.82) is 0 Å². The van der Waals surface area contributed by atoms with E-state index in [2.05, 4.69) is 20.3 Å². The molecule has 1 aromatic heterocycles. The van der Waals surface area contributed by atoms with Gasteiger partial charge >= 0.3 is 12.4 Å². The van der Waals surface area contributed by atoms with Gasteiger partial charge in [-0.1, -0.05) is 17.2 Å². The van der Waals surface area contributed by atoms with Crippen LogP contribution in [0.2, 0.25) is 0 Å². The van der Waals surface area contributed by atoms with Gasteiger partial charge in [0.2, 0.25) is 11.8 Å². The number of nitrogens with zero attached hydrogens (tertiary/aromatic N) is 3. The lowest BCUT2D eigenvalue weighted by Crippen LogP contribution is -2.24. The fourth-order valence-corrected chi connectivity index (χ4v) is 3.21. The molecule has 2 heterocycles. The Bertz CT molecular complexity index is 1150. The number of halogens is 4. The maximum absolute atomic E-state index is 13.7. The van der Waals surface area contributed by atoms with Crippen molar-refractivity contribution in [3.05, 3.63) is 65.8 Å². The van der Waals surface area contributed by atoms with E-state index in [0.717, 1.165) is 18.2 Å². The summed E-state index contributed by atoms with van der Waals surface area (Å²) in [6.45, 7) is 0.140. The molecule has 1 saturated heterocycles. The predicted octanol–water partition coefficient (Wildman–Crippen LogP) is 3.88. The number of amides is 2. The maximum atomic E-state index is 13.7. The molecule has 32 heavy (non-hydrogen) atoms. The highest BCUT2D eigenvalue weighted by Gasteiger charge is 2.35. The van der Waals surface area contributed by atoms with E-state index in [4.69, 9.17) is 4.42 Å². The second-order valence-corrected chi connectivity index (χ2v) is 6.83. The first-order chi connectivity index (χ1) is 15.2. The van der Waals surface area contributed by atoms with Crippen LogP contribution in [0.15, 0.2) is 52.9 Å². The third-order valence-electron chi connectivity index (χ3n) is 4.64. The molecule has 0 aliphatic carbocycles. The van der Waals surface area contributed by atoms with Gasteiger partial charge in [0.15, 0.2) is 0 Å². The highest BCUT2D eigenvalue weighted by Crippen LogP contribution is 2.33. The average Bonchev–Trinajstić information content (AvgIpc) is 3.34. The van der Waals surface area contributed by atoms with Crippen molar-refractivity contribution in [2.75, 3.05) is 16.8 Å². The molecule has 166 valence electrons. The number of benzene rings is 2. The number of carbonyl (C=O) groups excluding carboxylic acids is 2. The van der Waals surface area contributed by atoms with E-state index in [0.29, 0.717) is 5.69 Å². The summed E-state index contributed by atoms with van der Waals surface area (Å²) >= 11 is 0. The van der Waals surface area contributed by atoms with E-state index in [1.54, 1.807) is 0 Å². The summed E-state index contributed by atoms with van der Waals surface area (Å²) in [4.78, 5) is 25.9. The van der Waals surface area contributed by atoms with Crippen LogP contribution < -0.4 is 15.0 Å². The third kappa shape index (κ3) is 4.68. The smallest absolute Gasteiger partial charge is 0.407 e. The highest BCUT2D eigenvalue weighted by atomic mass is 19.4. The van der Waals surface area contributed by atoms with Crippen LogP contribution in [0.1, 0.15) is 28.6 Å². The number of ether oxygens (including phenoxy) is 1. The molecule has 1 atom stereocenters. The van der Waals surface area contributed by atoms with Crippen LogP contribution in [0.3, 0.4) is 0 Å². The molecule has 0 unspecified atom stereocenters. The molecule has 1 aliphatic heterocycles. The molecule has 0 spiro atoms. The standard InChI is InChI=1S/C20H14F4N4O4/c21-15-4-2-1-3-14(15)17(30)25-19-27-26-18(31-19)11-9-16(29)28(10-11)12-5-7-13(8-6-12)32-20(22,23)24/h1-8,11H,9-10H2,(H,25,27,30)/t11-/m0/s1. The van der Waals surface area contributed by atoms with Gasteiger partial charge in [-0.2, -0.15) is 0 Å². The van der Waals surface area contributed by atoms with Crippen LogP contribution in [0.4, 0.5) is 29.3 Å². The second kappa shape index (κ2) is 8.29. The van der Waals surface area contributed by atoms with Crippen LogP contribution in [0.25, 0.3) is 0 Å². The van der Waals surface area contributed by atoms with Crippen molar-refractivity contribution in [3.8, 4) is 5.75 Å². The van der Waals surface area contributed by atoms with Crippen molar-refractivity contribution in [2.24, 2.45) is 0 Å². The van der Waals surface area contributed by atoms with E-state index in [1.165, 1.54) is 35.2 Å². The second-order valence-electron chi connectivity index (χ2n) is 6.83. The Morgan fingerprint density at radius 1 is 1.12 bits per heavy atom. The topological polar surface area (TPSA) is 97.6 Å². The van der Waals surface area contributed by atoms with Gasteiger partial charge in [-0.25, -0.2) is 4.39 Å². The lowest BCUT2D eigenvalue weighted by Gasteiger charge is -2.17. The molecule has 2 aromatic carbocycles. The predicted molar refractivity (Wildman–Crippen MR) is 101 cm³/mol. The summed E-state index contributed by atoms with van der Waals surface area (Å²) in [5.74, 6) is -2.61. The molecule has 8 nitrogen and oxygen atoms in total. The largest absolute Gasteiger partial charge is 0.573 e. The van der Waals surface area contributed by atoms with Gasteiger partial charge in [0.1, 0.15) is 11.6 Å². The van der Waals surface area contributed by atoms with Crippen LogP contribution in [-0.4, -0.2) is 34.9 Å². The number of aromatic nitrogens is 2. The van der Waals surface area contributed by atoms with Crippen molar-refractivity contribution < 1.29 is 36.3 Å². The summed E-state index contributed by atoms with van der Waals surface area (Å²) in [5.41, 5.74) is 0.173. The molecule has 1 fully saturated rings. The van der Waals surface area contributed by atoms with Gasteiger partial charge in [-0.3, -0.25) is 14.9 Å². The molecule has 1 N–H and O–H groups in total. The Morgan fingerprint density at radius 3 is 2.53 bits per heavy atom. The van der Waals surface area contributed by atoms with E-state index in [-0.39, 0.29) is 36.3 Å². The summed E-state index contributed by atoms with van der Waals surface area (Å²) in [5, 5.41) is 9.83. The van der Waals surface area contributed by atoms with Gasteiger partial charge in [-0.05, 0) is 36.4 Å². The van der Waals surface area contributed by atoms with Gasteiger partial charge in [0.05, 0.1) is 11.5 Å². The Hall–Kier alpha value is -3.96. The number of alkyl halides is 3. The summed E-state index contributed by atoms with van der Waals surface area (Å²) < 4.78 is 59.8. The van der Waals surface area contributed by atoms with Crippen molar-refractivity contribution in [3.63, 3.8) is 0 Å². The molecular formula is C20H14F4N4O4. The quantitative estimate of drug-likeness (QED) is 0.593. The molecule has 0 bridgehead atoms. The third-order valence-corrected chi connectivity index (χ3v) is 4.64. The van der Waals surface area contributed by atoms with E-state index in [9.17, 15) is 27.2 Å². The van der Waals surface area contributed by atoms with Crippen LogP contribution in [0, 0.1) is 5.82 Å². The lowest BCUT2D eigenvalue weighted by atomic mass is 10.1. The Balaban J connectivity index is 1.42. The number of hydrogen-bond donors (Lipinski definition) is 1. The van der Waals surface area contributed by atoms with Gasteiger partial charge in [-0.15, -0.1) is 18.3 Å². The van der Waals surface area contributed by atoms with Crippen molar-refractivity contribution in [1.82, 2.24) is 10.2 Å². The molecular weight excluding hydrogens is 436 g/mol. The average molecular weight is 450 g/mol. The van der Waals surface area contributed by atoms with Crippen molar-refractivity contribution >= 4 is 23.5 Å². The Kier molecular flexibility index (Phi) is 5.51. The minimum atomic E-state index is -4.81. The summed E-state index contributed by atoms with van der Waals surface area (Å²) in [6.07, 6.45) is -4.79. The molecule has 3 aromatic rings. The SMILES string of the molecule is O=C(Nc1nnc([C@H]2CC(=O)N(c3ccc(OC(F)(F)F)cc3)C2)o1)c1ccccc1F. The Labute approximate surface area is 177 Å². The maximum Gasteiger partial charge on any atom is 0.573 e. The molecule has 4 rings (SSSR count). The first kappa shape index (κ1) is 21.3. The van der Waals surface area contributed by atoms with Crippen LogP contribution >= 0.6 is 0 Å². The number of carbonyl (C=O) groups is 2. The monoisotopic (exact) mass is 450 g/mol. The minimum Gasteiger partial charge on any atom is -0.407 e. The first-order valence-electron chi connectivity index (χ1n) is 9.25. The zero-order valence-electron chi connectivity index (χ0n) is 16.1. The van der Waals surface area contributed by atoms with E-state index >= 15 is 0 Å². The molecule has 1 aliphatic rings. The zero-order valence-corrected chi connectivity index (χ0v) is 16.1. The summed E-state index contributed by atoms with van der Waals surface area (Å²) in [7, 11) is 0. The van der Waals surface area contributed by atoms with Gasteiger partial charge in [0.25, 0.3) is 5.91 Å². The molecule has 0 saturated carbocycles. The van der Waals surface area contributed by atoms with E-state index in [1.807, 2.05) is 0 Å². The van der Waals surface area contributed by atoms with Crippen molar-refractivity contribution in [2.45, 2.75) is 18.7 Å². The normalized spacial score (nSPS) is 16.3. The van der Waals surface area contributed by atoms with Gasteiger partial charge < -0.3 is 14.1 Å². The number of rotatable bonds is 5. The number of nitrogens with one attached hydrogen (secondary N) is 1. The molecule has 12 heteroatoms. The lowest BCUT2D eigenvalue weighted by molar-refractivity contribution is -0.274. The van der Waals surface area contributed by atoms with Gasteiger partial charge in [0, 0.05) is 18.7 Å². The fourth-order valence-electron chi connectivity index (χ4n) is 3.21. The number of hydrogen-bond acceptors (Lipinski definition) is 6. The Morgan fingerprint density at radius 2 is 1.84 bits per heavy atom. The highest BCUT2D eigenvalue weighted by molar-refractivity contribution is 6.03. The molecule has 2 amide bonds.